The van der Waals surface area contributed by atoms with Gasteiger partial charge in [0, 0.05) is 12.8 Å². The highest BCUT2D eigenvalue weighted by Gasteiger charge is 2.16. The van der Waals surface area contributed by atoms with Gasteiger partial charge in [-0.2, -0.15) is 4.98 Å². The average Bonchev–Trinajstić information content (AvgIpc) is 2.68. The van der Waals surface area contributed by atoms with Gasteiger partial charge in [-0.15, -0.1) is 6.58 Å². The molecule has 15 heavy (non-hydrogen) atoms. The van der Waals surface area contributed by atoms with Crippen LogP contribution in [0.4, 0.5) is 0 Å². The summed E-state index contributed by atoms with van der Waals surface area (Å²) in [5.41, 5.74) is 0. The molecule has 0 aliphatic carbocycles. The van der Waals surface area contributed by atoms with E-state index < -0.39 is 0 Å². The summed E-state index contributed by atoms with van der Waals surface area (Å²) in [4.78, 5) is 4.32. The van der Waals surface area contributed by atoms with Gasteiger partial charge < -0.3 is 9.84 Å². The topological polar surface area (TPSA) is 51.0 Å². The number of allylic oxidation sites excluding steroid dienone is 1. The Kier molecular flexibility index (Phi) is 3.50. The molecule has 1 fully saturated rings. The van der Waals surface area contributed by atoms with E-state index in [9.17, 15) is 0 Å². The molecule has 1 unspecified atom stereocenters. The van der Waals surface area contributed by atoms with Crippen molar-refractivity contribution in [3.63, 3.8) is 0 Å². The smallest absolute Gasteiger partial charge is 0.230 e. The fraction of sp³-hybridized carbons (Fsp3) is 0.636. The molecule has 1 aromatic heterocycles. The molecule has 1 atom stereocenters. The second-order valence-electron chi connectivity index (χ2n) is 4.01. The molecule has 1 aliphatic rings. The summed E-state index contributed by atoms with van der Waals surface area (Å²) < 4.78 is 5.09. The van der Waals surface area contributed by atoms with Gasteiger partial charge in [0.05, 0.1) is 0 Å². The first-order chi connectivity index (χ1) is 7.38. The summed E-state index contributed by atoms with van der Waals surface area (Å²) in [5, 5.41) is 7.35. The predicted molar refractivity (Wildman–Crippen MR) is 57.5 cm³/mol. The maximum absolute atomic E-state index is 5.09. The van der Waals surface area contributed by atoms with E-state index in [1.54, 1.807) is 6.08 Å². The molecular weight excluding hydrogens is 190 g/mol. The van der Waals surface area contributed by atoms with E-state index >= 15 is 0 Å². The molecular formula is C11H17N3O. The van der Waals surface area contributed by atoms with Crippen molar-refractivity contribution < 1.29 is 4.52 Å². The zero-order chi connectivity index (χ0) is 10.5. The summed E-state index contributed by atoms with van der Waals surface area (Å²) in [7, 11) is 0. The largest absolute Gasteiger partial charge is 0.339 e. The van der Waals surface area contributed by atoms with E-state index in [4.69, 9.17) is 4.52 Å². The number of piperidine rings is 1. The predicted octanol–water partition coefficient (Wildman–Crippen LogP) is 1.34. The van der Waals surface area contributed by atoms with Crippen molar-refractivity contribution in [3.8, 4) is 0 Å². The number of nitrogens with one attached hydrogen (secondary N) is 1. The Balaban J connectivity index is 1.88. The lowest BCUT2D eigenvalue weighted by Crippen LogP contribution is -2.31. The summed E-state index contributed by atoms with van der Waals surface area (Å²) in [6.07, 6.45) is 5.88. The molecule has 0 amide bonds. The summed E-state index contributed by atoms with van der Waals surface area (Å²) >= 11 is 0. The van der Waals surface area contributed by atoms with Crippen LogP contribution in [-0.2, 0) is 12.8 Å². The molecule has 0 bridgehead atoms. The van der Waals surface area contributed by atoms with Crippen LogP contribution in [0.2, 0.25) is 0 Å². The van der Waals surface area contributed by atoms with Gasteiger partial charge in [0.2, 0.25) is 5.89 Å². The summed E-state index contributed by atoms with van der Waals surface area (Å²) in [6, 6.07) is 0. The first-order valence-corrected chi connectivity index (χ1v) is 5.51. The van der Waals surface area contributed by atoms with Crippen molar-refractivity contribution in [2.45, 2.75) is 25.7 Å². The molecule has 1 saturated heterocycles. The molecule has 0 aromatic carbocycles. The Morgan fingerprint density at radius 3 is 3.27 bits per heavy atom. The minimum Gasteiger partial charge on any atom is -0.339 e. The zero-order valence-electron chi connectivity index (χ0n) is 8.91. The van der Waals surface area contributed by atoms with Crippen molar-refractivity contribution >= 4 is 0 Å². The highest BCUT2D eigenvalue weighted by Crippen LogP contribution is 2.14. The first kappa shape index (κ1) is 10.4. The van der Waals surface area contributed by atoms with Gasteiger partial charge in [0.25, 0.3) is 0 Å². The van der Waals surface area contributed by atoms with E-state index in [1.165, 1.54) is 12.8 Å². The quantitative estimate of drug-likeness (QED) is 0.757. The van der Waals surface area contributed by atoms with Crippen molar-refractivity contribution in [2.24, 2.45) is 5.92 Å². The molecule has 0 spiro atoms. The second kappa shape index (κ2) is 5.07. The van der Waals surface area contributed by atoms with Gasteiger partial charge >= 0.3 is 0 Å². The minimum atomic E-state index is 0.660. The maximum Gasteiger partial charge on any atom is 0.230 e. The van der Waals surface area contributed by atoms with Gasteiger partial charge in [-0.05, 0) is 31.8 Å². The normalized spacial score (nSPS) is 21.5. The fourth-order valence-corrected chi connectivity index (χ4v) is 1.94. The van der Waals surface area contributed by atoms with Gasteiger partial charge in [-0.1, -0.05) is 11.2 Å². The standard InChI is InChI=1S/C11H17N3O/c1-2-4-11-13-10(14-15-11)7-9-5-3-6-12-8-9/h2,9,12H,1,3-8H2. The van der Waals surface area contributed by atoms with E-state index in [1.807, 2.05) is 0 Å². The van der Waals surface area contributed by atoms with Crippen LogP contribution in [0.3, 0.4) is 0 Å². The second-order valence-corrected chi connectivity index (χ2v) is 4.01. The third kappa shape index (κ3) is 2.89. The highest BCUT2D eigenvalue weighted by molar-refractivity contribution is 4.93. The molecule has 2 heterocycles. The number of hydrogen-bond acceptors (Lipinski definition) is 4. The van der Waals surface area contributed by atoms with Gasteiger partial charge in [0.15, 0.2) is 5.82 Å². The molecule has 1 aromatic rings. The van der Waals surface area contributed by atoms with Crippen LogP contribution < -0.4 is 5.32 Å². The number of rotatable bonds is 4. The van der Waals surface area contributed by atoms with Crippen molar-refractivity contribution in [2.75, 3.05) is 13.1 Å². The van der Waals surface area contributed by atoms with Crippen LogP contribution >= 0.6 is 0 Å². The third-order valence-electron chi connectivity index (χ3n) is 2.70. The Labute approximate surface area is 89.8 Å². The minimum absolute atomic E-state index is 0.660. The zero-order valence-corrected chi connectivity index (χ0v) is 8.91. The van der Waals surface area contributed by atoms with E-state index in [-0.39, 0.29) is 0 Å². The molecule has 2 rings (SSSR count). The Bertz CT molecular complexity index is 315. The van der Waals surface area contributed by atoms with Crippen LogP contribution in [-0.4, -0.2) is 23.2 Å². The van der Waals surface area contributed by atoms with Gasteiger partial charge in [0.1, 0.15) is 0 Å². The number of aromatic nitrogens is 2. The van der Waals surface area contributed by atoms with Crippen molar-refractivity contribution in [1.29, 1.82) is 0 Å². The van der Waals surface area contributed by atoms with Crippen molar-refractivity contribution in [3.05, 3.63) is 24.4 Å². The molecule has 0 radical (unpaired) electrons. The fourth-order valence-electron chi connectivity index (χ4n) is 1.94. The lowest BCUT2D eigenvalue weighted by Gasteiger charge is -2.20. The van der Waals surface area contributed by atoms with Crippen LogP contribution in [0, 0.1) is 5.92 Å². The first-order valence-electron chi connectivity index (χ1n) is 5.51. The van der Waals surface area contributed by atoms with E-state index in [2.05, 4.69) is 22.0 Å². The number of nitrogens with zero attached hydrogens (tertiary/aromatic N) is 2. The Morgan fingerprint density at radius 2 is 2.53 bits per heavy atom. The molecule has 1 aliphatic heterocycles. The van der Waals surface area contributed by atoms with E-state index in [0.717, 1.165) is 25.3 Å². The monoisotopic (exact) mass is 207 g/mol. The Morgan fingerprint density at radius 1 is 1.60 bits per heavy atom. The molecule has 4 heteroatoms. The molecule has 4 nitrogen and oxygen atoms in total. The molecule has 1 N–H and O–H groups in total. The van der Waals surface area contributed by atoms with Gasteiger partial charge in [-0.3, -0.25) is 0 Å². The lowest BCUT2D eigenvalue weighted by molar-refractivity contribution is 0.352. The van der Waals surface area contributed by atoms with Crippen LogP contribution in [0.15, 0.2) is 17.2 Å². The Hall–Kier alpha value is -1.16. The third-order valence-corrected chi connectivity index (χ3v) is 2.70. The summed E-state index contributed by atoms with van der Waals surface area (Å²) in [5.74, 6) is 2.16. The highest BCUT2D eigenvalue weighted by atomic mass is 16.5. The van der Waals surface area contributed by atoms with Crippen LogP contribution in [0.1, 0.15) is 24.6 Å². The maximum atomic E-state index is 5.09. The lowest BCUT2D eigenvalue weighted by atomic mass is 9.96. The number of hydrogen-bond donors (Lipinski definition) is 1. The SMILES string of the molecule is C=CCc1nc(CC2CCCNC2)no1. The van der Waals surface area contributed by atoms with Crippen molar-refractivity contribution in [1.82, 2.24) is 15.5 Å². The molecule has 0 saturated carbocycles. The summed E-state index contributed by atoms with van der Waals surface area (Å²) in [6.45, 7) is 5.86. The van der Waals surface area contributed by atoms with Crippen LogP contribution in [0.5, 0.6) is 0 Å². The van der Waals surface area contributed by atoms with Gasteiger partial charge in [-0.25, -0.2) is 0 Å². The average molecular weight is 207 g/mol. The molecule has 82 valence electrons. The van der Waals surface area contributed by atoms with Crippen LogP contribution in [0.25, 0.3) is 0 Å². The van der Waals surface area contributed by atoms with E-state index in [0.29, 0.717) is 18.2 Å².